The molecule has 0 atom stereocenters. The number of benzene rings is 2. The monoisotopic (exact) mass is 391 g/mol. The van der Waals surface area contributed by atoms with E-state index in [-0.39, 0.29) is 5.91 Å². The Hall–Kier alpha value is -1.95. The Morgan fingerprint density at radius 2 is 1.92 bits per heavy atom. The third kappa shape index (κ3) is 4.78. The highest BCUT2D eigenvalue weighted by atomic mass is 35.5. The second-order valence-electron chi connectivity index (χ2n) is 5.26. The standard InChI is InChI=1S/C18H15Cl2N3OS/c19-15-3-1-4-16(18(15)20)22-17(24)12-25-11-13-5-7-14(8-6-13)23-10-2-9-21-23/h1-10H,11-12H2,(H,22,24). The number of amides is 1. The van der Waals surface area contributed by atoms with Gasteiger partial charge in [-0.1, -0.05) is 41.4 Å². The van der Waals surface area contributed by atoms with Gasteiger partial charge in [0.2, 0.25) is 5.91 Å². The lowest BCUT2D eigenvalue weighted by atomic mass is 10.2. The Bertz CT molecular complexity index is 851. The van der Waals surface area contributed by atoms with Crippen molar-refractivity contribution in [3.63, 3.8) is 0 Å². The molecular formula is C18H15Cl2N3OS. The quantitative estimate of drug-likeness (QED) is 0.639. The van der Waals surface area contributed by atoms with E-state index in [2.05, 4.69) is 10.4 Å². The van der Waals surface area contributed by atoms with Crippen molar-refractivity contribution in [1.82, 2.24) is 9.78 Å². The van der Waals surface area contributed by atoms with Crippen LogP contribution in [0.25, 0.3) is 5.69 Å². The second-order valence-corrected chi connectivity index (χ2v) is 7.03. The maximum atomic E-state index is 12.0. The summed E-state index contributed by atoms with van der Waals surface area (Å²) < 4.78 is 1.80. The number of anilines is 1. The van der Waals surface area contributed by atoms with E-state index in [9.17, 15) is 4.79 Å². The van der Waals surface area contributed by atoms with Crippen molar-refractivity contribution in [3.05, 3.63) is 76.5 Å². The third-order valence-electron chi connectivity index (χ3n) is 3.43. The first-order valence-electron chi connectivity index (χ1n) is 7.54. The zero-order chi connectivity index (χ0) is 17.6. The summed E-state index contributed by atoms with van der Waals surface area (Å²) in [4.78, 5) is 12.0. The smallest absolute Gasteiger partial charge is 0.234 e. The summed E-state index contributed by atoms with van der Waals surface area (Å²) in [6.45, 7) is 0. The van der Waals surface area contributed by atoms with Gasteiger partial charge in [-0.3, -0.25) is 4.79 Å². The molecule has 0 fully saturated rings. The number of hydrogen-bond donors (Lipinski definition) is 1. The van der Waals surface area contributed by atoms with Crippen LogP contribution in [0.4, 0.5) is 5.69 Å². The van der Waals surface area contributed by atoms with Crippen LogP contribution in [0.1, 0.15) is 5.56 Å². The molecule has 0 unspecified atom stereocenters. The fourth-order valence-electron chi connectivity index (χ4n) is 2.21. The Balaban J connectivity index is 1.49. The number of hydrogen-bond acceptors (Lipinski definition) is 3. The third-order valence-corrected chi connectivity index (χ3v) is 5.26. The molecule has 0 aliphatic heterocycles. The van der Waals surface area contributed by atoms with E-state index in [1.165, 1.54) is 11.8 Å². The molecule has 0 bridgehead atoms. The van der Waals surface area contributed by atoms with Crippen LogP contribution in [0.15, 0.2) is 60.9 Å². The lowest BCUT2D eigenvalue weighted by Crippen LogP contribution is -2.14. The predicted octanol–water partition coefficient (Wildman–Crippen LogP) is 5.05. The molecule has 1 amide bonds. The SMILES string of the molecule is O=C(CSCc1ccc(-n2cccn2)cc1)Nc1cccc(Cl)c1Cl. The maximum Gasteiger partial charge on any atom is 0.234 e. The second kappa shape index (κ2) is 8.43. The molecule has 1 N–H and O–H groups in total. The number of halogens is 2. The number of aromatic nitrogens is 2. The zero-order valence-corrected chi connectivity index (χ0v) is 15.5. The first-order valence-corrected chi connectivity index (χ1v) is 9.45. The van der Waals surface area contributed by atoms with E-state index in [1.54, 1.807) is 29.1 Å². The Labute approximate surface area is 160 Å². The maximum absolute atomic E-state index is 12.0. The fourth-order valence-corrected chi connectivity index (χ4v) is 3.35. The van der Waals surface area contributed by atoms with E-state index in [0.717, 1.165) is 17.0 Å². The molecule has 128 valence electrons. The summed E-state index contributed by atoms with van der Waals surface area (Å²) >= 11 is 13.5. The number of nitrogens with zero attached hydrogens (tertiary/aromatic N) is 2. The predicted molar refractivity (Wildman–Crippen MR) is 105 cm³/mol. The molecule has 3 aromatic rings. The average molecular weight is 392 g/mol. The number of nitrogens with one attached hydrogen (secondary N) is 1. The topological polar surface area (TPSA) is 46.9 Å². The van der Waals surface area contributed by atoms with Gasteiger partial charge in [0.15, 0.2) is 0 Å². The van der Waals surface area contributed by atoms with Gasteiger partial charge in [0.25, 0.3) is 0 Å². The lowest BCUT2D eigenvalue weighted by Gasteiger charge is -2.08. The molecule has 4 nitrogen and oxygen atoms in total. The molecule has 0 saturated carbocycles. The van der Waals surface area contributed by atoms with Crippen molar-refractivity contribution in [1.29, 1.82) is 0 Å². The Morgan fingerprint density at radius 3 is 2.64 bits per heavy atom. The van der Waals surface area contributed by atoms with Crippen molar-refractivity contribution < 1.29 is 4.79 Å². The highest BCUT2D eigenvalue weighted by molar-refractivity contribution is 7.99. The number of rotatable bonds is 6. The molecule has 0 aliphatic rings. The first-order chi connectivity index (χ1) is 12.1. The van der Waals surface area contributed by atoms with Crippen LogP contribution >= 0.6 is 35.0 Å². The summed E-state index contributed by atoms with van der Waals surface area (Å²) in [5.41, 5.74) is 2.69. The highest BCUT2D eigenvalue weighted by Gasteiger charge is 2.08. The van der Waals surface area contributed by atoms with Crippen LogP contribution in [0.2, 0.25) is 10.0 Å². The van der Waals surface area contributed by atoms with E-state index in [4.69, 9.17) is 23.2 Å². The van der Waals surface area contributed by atoms with Crippen molar-refractivity contribution in [2.24, 2.45) is 0 Å². The van der Waals surface area contributed by atoms with Crippen LogP contribution in [0.3, 0.4) is 0 Å². The minimum absolute atomic E-state index is 0.109. The van der Waals surface area contributed by atoms with Gasteiger partial charge >= 0.3 is 0 Å². The normalized spacial score (nSPS) is 10.6. The number of thioether (sulfide) groups is 1. The van der Waals surface area contributed by atoms with E-state index >= 15 is 0 Å². The summed E-state index contributed by atoms with van der Waals surface area (Å²) in [7, 11) is 0. The average Bonchev–Trinajstić information content (AvgIpc) is 3.14. The van der Waals surface area contributed by atoms with Crippen LogP contribution in [-0.4, -0.2) is 21.4 Å². The van der Waals surface area contributed by atoms with Crippen LogP contribution < -0.4 is 5.32 Å². The van der Waals surface area contributed by atoms with Crippen molar-refractivity contribution in [2.75, 3.05) is 11.1 Å². The van der Waals surface area contributed by atoms with Gasteiger partial charge in [-0.25, -0.2) is 4.68 Å². The molecule has 2 aromatic carbocycles. The summed E-state index contributed by atoms with van der Waals surface area (Å²) in [5.74, 6) is 0.974. The molecule has 7 heteroatoms. The molecule has 25 heavy (non-hydrogen) atoms. The van der Waals surface area contributed by atoms with Crippen LogP contribution in [0.5, 0.6) is 0 Å². The van der Waals surface area contributed by atoms with Gasteiger partial charge in [-0.2, -0.15) is 5.10 Å². The van der Waals surface area contributed by atoms with Crippen molar-refractivity contribution in [2.45, 2.75) is 5.75 Å². The number of carbonyl (C=O) groups is 1. The van der Waals surface area contributed by atoms with Crippen molar-refractivity contribution >= 4 is 46.6 Å². The summed E-state index contributed by atoms with van der Waals surface area (Å²) in [6, 6.07) is 15.1. The Morgan fingerprint density at radius 1 is 1.12 bits per heavy atom. The minimum atomic E-state index is -0.109. The van der Waals surface area contributed by atoms with E-state index in [1.807, 2.05) is 36.5 Å². The van der Waals surface area contributed by atoms with Crippen molar-refractivity contribution in [3.8, 4) is 5.69 Å². The largest absolute Gasteiger partial charge is 0.324 e. The van der Waals surface area contributed by atoms with Crippen LogP contribution in [-0.2, 0) is 10.5 Å². The van der Waals surface area contributed by atoms with Gasteiger partial charge < -0.3 is 5.32 Å². The molecule has 3 rings (SSSR count). The molecule has 0 radical (unpaired) electrons. The van der Waals surface area contributed by atoms with Gasteiger partial charge in [0.1, 0.15) is 0 Å². The van der Waals surface area contributed by atoms with Gasteiger partial charge in [0, 0.05) is 18.1 Å². The molecule has 1 aromatic heterocycles. The fraction of sp³-hybridized carbons (Fsp3) is 0.111. The molecule has 0 spiro atoms. The van der Waals surface area contributed by atoms with Gasteiger partial charge in [-0.05, 0) is 35.9 Å². The molecule has 0 aliphatic carbocycles. The van der Waals surface area contributed by atoms with E-state index in [0.29, 0.717) is 21.5 Å². The van der Waals surface area contributed by atoms with Gasteiger partial charge in [-0.15, -0.1) is 11.8 Å². The zero-order valence-electron chi connectivity index (χ0n) is 13.2. The summed E-state index contributed by atoms with van der Waals surface area (Å²) in [5, 5.41) is 7.75. The van der Waals surface area contributed by atoms with Gasteiger partial charge in [0.05, 0.1) is 27.2 Å². The lowest BCUT2D eigenvalue weighted by molar-refractivity contribution is -0.113. The molecule has 0 saturated heterocycles. The number of carbonyl (C=O) groups excluding carboxylic acids is 1. The molecular weight excluding hydrogens is 377 g/mol. The Kier molecular flexibility index (Phi) is 6.02. The summed E-state index contributed by atoms with van der Waals surface area (Å²) in [6.07, 6.45) is 3.64. The van der Waals surface area contributed by atoms with E-state index < -0.39 is 0 Å². The van der Waals surface area contributed by atoms with Crippen LogP contribution in [0, 0.1) is 0 Å². The highest BCUT2D eigenvalue weighted by Crippen LogP contribution is 2.29. The minimum Gasteiger partial charge on any atom is -0.324 e. The molecule has 1 heterocycles. The first kappa shape index (κ1) is 17.9.